The second-order valence-corrected chi connectivity index (χ2v) is 3.68. The zero-order valence-electron chi connectivity index (χ0n) is 7.00. The van der Waals surface area contributed by atoms with Gasteiger partial charge in [-0.25, -0.2) is 4.79 Å². The third-order valence-corrected chi connectivity index (χ3v) is 2.43. The lowest BCUT2D eigenvalue weighted by molar-refractivity contribution is -0.158. The van der Waals surface area contributed by atoms with E-state index in [1.54, 1.807) is 0 Å². The summed E-state index contributed by atoms with van der Waals surface area (Å²) >= 11 is 5.89. The van der Waals surface area contributed by atoms with Crippen molar-refractivity contribution in [1.29, 1.82) is 0 Å². The molecule has 0 aromatic heterocycles. The maximum atomic E-state index is 10.6. The summed E-state index contributed by atoms with van der Waals surface area (Å²) in [5.74, 6) is -0.904. The van der Waals surface area contributed by atoms with E-state index < -0.39 is 12.1 Å². The Morgan fingerprint density at radius 2 is 2.33 bits per heavy atom. The van der Waals surface area contributed by atoms with Gasteiger partial charge in [-0.05, 0) is 12.8 Å². The van der Waals surface area contributed by atoms with Crippen LogP contribution in [0, 0.1) is 0 Å². The van der Waals surface area contributed by atoms with Crippen LogP contribution < -0.4 is 0 Å². The molecular weight excluding hydrogens is 180 g/mol. The van der Waals surface area contributed by atoms with Crippen LogP contribution >= 0.6 is 11.6 Å². The van der Waals surface area contributed by atoms with Gasteiger partial charge >= 0.3 is 5.97 Å². The van der Waals surface area contributed by atoms with E-state index in [1.807, 2.05) is 6.92 Å². The molecule has 0 amide bonds. The Bertz CT molecular complexity index is 172. The zero-order valence-corrected chi connectivity index (χ0v) is 7.75. The predicted molar refractivity (Wildman–Crippen MR) is 45.5 cm³/mol. The molecule has 0 unspecified atom stereocenters. The molecule has 1 aliphatic heterocycles. The highest BCUT2D eigenvalue weighted by molar-refractivity contribution is 6.20. The van der Waals surface area contributed by atoms with Gasteiger partial charge < -0.3 is 9.84 Å². The Hall–Kier alpha value is -0.280. The highest BCUT2D eigenvalue weighted by atomic mass is 35.5. The minimum absolute atomic E-state index is 0.0161. The number of rotatable bonds is 2. The highest BCUT2D eigenvalue weighted by Crippen LogP contribution is 2.25. The van der Waals surface area contributed by atoms with Gasteiger partial charge in [0.2, 0.25) is 0 Å². The molecule has 0 radical (unpaired) electrons. The van der Waals surface area contributed by atoms with Gasteiger partial charge in [0.05, 0.1) is 6.10 Å². The fourth-order valence-electron chi connectivity index (χ4n) is 1.38. The number of halogens is 1. The van der Waals surface area contributed by atoms with Gasteiger partial charge in [-0.15, -0.1) is 11.6 Å². The van der Waals surface area contributed by atoms with Gasteiger partial charge in [-0.2, -0.15) is 0 Å². The molecule has 12 heavy (non-hydrogen) atoms. The summed E-state index contributed by atoms with van der Waals surface area (Å²) in [6.45, 7) is 1.97. The van der Waals surface area contributed by atoms with Crippen LogP contribution in [0.1, 0.15) is 26.2 Å². The fourth-order valence-corrected chi connectivity index (χ4v) is 1.74. The number of carbonyl (C=O) groups is 1. The average molecular weight is 193 g/mol. The summed E-state index contributed by atoms with van der Waals surface area (Å²) in [5.41, 5.74) is 0. The van der Waals surface area contributed by atoms with E-state index in [0.717, 1.165) is 12.8 Å². The first-order chi connectivity index (χ1) is 5.63. The molecule has 1 saturated heterocycles. The smallest absolute Gasteiger partial charge is 0.332 e. The van der Waals surface area contributed by atoms with E-state index in [4.69, 9.17) is 21.4 Å². The molecule has 0 aliphatic carbocycles. The number of carboxylic acid groups (broad SMARTS) is 1. The molecule has 3 atom stereocenters. The summed E-state index contributed by atoms with van der Waals surface area (Å²) in [4.78, 5) is 10.6. The molecule has 1 aliphatic rings. The van der Waals surface area contributed by atoms with Crippen LogP contribution in [-0.4, -0.2) is 28.7 Å². The summed E-state index contributed by atoms with van der Waals surface area (Å²) in [6, 6.07) is 0. The summed E-state index contributed by atoms with van der Waals surface area (Å²) < 4.78 is 5.28. The topological polar surface area (TPSA) is 46.5 Å². The van der Waals surface area contributed by atoms with Crippen LogP contribution in [0.3, 0.4) is 0 Å². The minimum atomic E-state index is -0.904. The first-order valence-corrected chi connectivity index (χ1v) is 4.59. The van der Waals surface area contributed by atoms with Gasteiger partial charge in [0.25, 0.3) is 0 Å². The van der Waals surface area contributed by atoms with Crippen LogP contribution in [0.4, 0.5) is 0 Å². The summed E-state index contributed by atoms with van der Waals surface area (Å²) in [7, 11) is 0. The third kappa shape index (κ3) is 2.35. The molecule has 1 heterocycles. The molecule has 3 nitrogen and oxygen atoms in total. The molecule has 0 saturated carbocycles. The van der Waals surface area contributed by atoms with E-state index in [0.29, 0.717) is 6.42 Å². The monoisotopic (exact) mass is 192 g/mol. The molecule has 4 heteroatoms. The Balaban J connectivity index is 2.51. The molecular formula is C8H13ClO3. The predicted octanol–water partition coefficient (Wildman–Crippen LogP) is 1.64. The van der Waals surface area contributed by atoms with Gasteiger partial charge in [0, 0.05) is 11.8 Å². The van der Waals surface area contributed by atoms with Crippen molar-refractivity contribution < 1.29 is 14.6 Å². The second-order valence-electron chi connectivity index (χ2n) is 3.06. The fraction of sp³-hybridized carbons (Fsp3) is 0.875. The van der Waals surface area contributed by atoms with Gasteiger partial charge in [-0.1, -0.05) is 6.92 Å². The van der Waals surface area contributed by atoms with Crippen molar-refractivity contribution in [3.8, 4) is 0 Å². The maximum Gasteiger partial charge on any atom is 0.332 e. The number of ether oxygens (including phenoxy) is 1. The normalized spacial score (nSPS) is 36.3. The van der Waals surface area contributed by atoms with Crippen LogP contribution in [0.15, 0.2) is 0 Å². The lowest BCUT2D eigenvalue weighted by atomic mass is 10.0. The van der Waals surface area contributed by atoms with E-state index >= 15 is 0 Å². The van der Waals surface area contributed by atoms with Crippen LogP contribution in [0.25, 0.3) is 0 Å². The van der Waals surface area contributed by atoms with Crippen molar-refractivity contribution in [3.05, 3.63) is 0 Å². The van der Waals surface area contributed by atoms with Crippen LogP contribution in [0.2, 0.25) is 0 Å². The first kappa shape index (κ1) is 9.81. The molecule has 1 fully saturated rings. The van der Waals surface area contributed by atoms with Crippen molar-refractivity contribution in [1.82, 2.24) is 0 Å². The maximum absolute atomic E-state index is 10.6. The number of hydrogen-bond donors (Lipinski definition) is 1. The molecule has 0 aromatic carbocycles. The van der Waals surface area contributed by atoms with Crippen LogP contribution in [-0.2, 0) is 9.53 Å². The van der Waals surface area contributed by atoms with E-state index in [1.165, 1.54) is 0 Å². The zero-order chi connectivity index (χ0) is 9.14. The Morgan fingerprint density at radius 3 is 2.83 bits per heavy atom. The van der Waals surface area contributed by atoms with Gasteiger partial charge in [-0.3, -0.25) is 0 Å². The van der Waals surface area contributed by atoms with E-state index in [2.05, 4.69) is 0 Å². The number of aliphatic carboxylic acids is 1. The standard InChI is InChI=1S/C8H13ClO3/c1-2-6-3-5(9)4-7(12-6)8(10)11/h5-7H,2-4H2,1H3,(H,10,11)/t5-,6+,7+/m1/s1. The molecule has 1 N–H and O–H groups in total. The molecule has 1 rings (SSSR count). The van der Waals surface area contributed by atoms with Crippen molar-refractivity contribution in [2.75, 3.05) is 0 Å². The Kier molecular flexibility index (Phi) is 3.35. The lowest BCUT2D eigenvalue weighted by Crippen LogP contribution is -2.37. The summed E-state index contributed by atoms with van der Waals surface area (Å²) in [5, 5.41) is 8.63. The quantitative estimate of drug-likeness (QED) is 0.677. The molecule has 70 valence electrons. The SMILES string of the molecule is CC[C@H]1C[C@@H](Cl)C[C@@H](C(=O)O)O1. The van der Waals surface area contributed by atoms with Gasteiger partial charge in [0.15, 0.2) is 6.10 Å². The number of carboxylic acids is 1. The van der Waals surface area contributed by atoms with E-state index in [-0.39, 0.29) is 11.5 Å². The molecule has 0 aromatic rings. The van der Waals surface area contributed by atoms with Crippen molar-refractivity contribution in [2.45, 2.75) is 43.8 Å². The Labute approximate surface area is 76.7 Å². The van der Waals surface area contributed by atoms with Crippen molar-refractivity contribution in [2.24, 2.45) is 0 Å². The largest absolute Gasteiger partial charge is 0.479 e. The van der Waals surface area contributed by atoms with Gasteiger partial charge in [0.1, 0.15) is 0 Å². The Morgan fingerprint density at radius 1 is 1.67 bits per heavy atom. The molecule has 0 bridgehead atoms. The first-order valence-electron chi connectivity index (χ1n) is 4.15. The summed E-state index contributed by atoms with van der Waals surface area (Å²) in [6.07, 6.45) is 1.33. The lowest BCUT2D eigenvalue weighted by Gasteiger charge is -2.29. The average Bonchev–Trinajstić information content (AvgIpc) is 2.03. The van der Waals surface area contributed by atoms with Crippen molar-refractivity contribution in [3.63, 3.8) is 0 Å². The number of alkyl halides is 1. The van der Waals surface area contributed by atoms with E-state index in [9.17, 15) is 4.79 Å². The minimum Gasteiger partial charge on any atom is -0.479 e. The second kappa shape index (κ2) is 4.10. The highest BCUT2D eigenvalue weighted by Gasteiger charge is 2.31. The number of hydrogen-bond acceptors (Lipinski definition) is 2. The van der Waals surface area contributed by atoms with Crippen LogP contribution in [0.5, 0.6) is 0 Å². The van der Waals surface area contributed by atoms with Crippen molar-refractivity contribution >= 4 is 17.6 Å². The molecule has 0 spiro atoms. The third-order valence-electron chi connectivity index (χ3n) is 2.08.